The van der Waals surface area contributed by atoms with Gasteiger partial charge in [0.05, 0.1) is 11.3 Å². The molecule has 1 heterocycles. The summed E-state index contributed by atoms with van der Waals surface area (Å²) in [5, 5.41) is 7.35. The van der Waals surface area contributed by atoms with Crippen LogP contribution in [0.2, 0.25) is 0 Å². The van der Waals surface area contributed by atoms with Gasteiger partial charge in [-0.25, -0.2) is 13.6 Å². The van der Waals surface area contributed by atoms with Crippen molar-refractivity contribution in [2.24, 2.45) is 5.14 Å². The lowest BCUT2D eigenvalue weighted by Crippen LogP contribution is -2.28. The molecule has 8 heteroatoms. The van der Waals surface area contributed by atoms with E-state index in [0.717, 1.165) is 0 Å². The van der Waals surface area contributed by atoms with Gasteiger partial charge < -0.3 is 11.1 Å². The van der Waals surface area contributed by atoms with E-state index in [2.05, 4.69) is 10.3 Å². The lowest BCUT2D eigenvalue weighted by molar-refractivity contribution is 0.0954. The minimum absolute atomic E-state index is 0.171. The van der Waals surface area contributed by atoms with Crippen molar-refractivity contribution in [3.63, 3.8) is 0 Å². The van der Waals surface area contributed by atoms with E-state index in [1.165, 1.54) is 18.5 Å². The Bertz CT molecular complexity index is 501. The lowest BCUT2D eigenvalue weighted by Gasteiger charge is -2.06. The first-order valence-electron chi connectivity index (χ1n) is 4.88. The van der Waals surface area contributed by atoms with E-state index in [-0.39, 0.29) is 30.2 Å². The smallest absolute Gasteiger partial charge is 0.254 e. The van der Waals surface area contributed by atoms with Crippen molar-refractivity contribution >= 4 is 21.6 Å². The Morgan fingerprint density at radius 1 is 1.47 bits per heavy atom. The fourth-order valence-electron chi connectivity index (χ4n) is 1.17. The average Bonchev–Trinajstić information content (AvgIpc) is 2.23. The maximum Gasteiger partial charge on any atom is 0.254 e. The summed E-state index contributed by atoms with van der Waals surface area (Å²) in [6, 6.07) is 1.51. The van der Waals surface area contributed by atoms with Gasteiger partial charge in [0.2, 0.25) is 10.0 Å². The number of nitrogens with zero attached hydrogens (tertiary/aromatic N) is 1. The summed E-state index contributed by atoms with van der Waals surface area (Å²) in [4.78, 5) is 15.4. The number of aromatic nitrogens is 1. The van der Waals surface area contributed by atoms with Crippen molar-refractivity contribution in [1.29, 1.82) is 0 Å². The number of nitrogens with one attached hydrogen (secondary N) is 1. The first-order chi connectivity index (χ1) is 7.90. The van der Waals surface area contributed by atoms with E-state index in [0.29, 0.717) is 5.69 Å². The van der Waals surface area contributed by atoms with E-state index in [9.17, 15) is 13.2 Å². The number of pyridine rings is 1. The molecule has 0 fully saturated rings. The first-order valence-corrected chi connectivity index (χ1v) is 6.60. The molecule has 94 valence electrons. The zero-order valence-electron chi connectivity index (χ0n) is 9.09. The second-order valence-electron chi connectivity index (χ2n) is 3.44. The third kappa shape index (κ3) is 4.79. The van der Waals surface area contributed by atoms with Gasteiger partial charge in [0.15, 0.2) is 0 Å². The van der Waals surface area contributed by atoms with Gasteiger partial charge in [-0.1, -0.05) is 0 Å². The van der Waals surface area contributed by atoms with Crippen molar-refractivity contribution in [3.05, 3.63) is 24.0 Å². The van der Waals surface area contributed by atoms with E-state index in [1.54, 1.807) is 0 Å². The number of hydrogen-bond donors (Lipinski definition) is 3. The second kappa shape index (κ2) is 5.60. The van der Waals surface area contributed by atoms with Gasteiger partial charge in [-0.15, -0.1) is 0 Å². The highest BCUT2D eigenvalue weighted by atomic mass is 32.2. The topological polar surface area (TPSA) is 128 Å². The van der Waals surface area contributed by atoms with Crippen LogP contribution in [0, 0.1) is 0 Å². The molecule has 17 heavy (non-hydrogen) atoms. The molecule has 0 aliphatic rings. The molecule has 1 aromatic rings. The Labute approximate surface area is 99.3 Å². The molecule has 0 unspecified atom stereocenters. The van der Waals surface area contributed by atoms with E-state index < -0.39 is 10.0 Å². The van der Waals surface area contributed by atoms with Gasteiger partial charge in [-0.05, 0) is 12.5 Å². The quantitative estimate of drug-likeness (QED) is 0.588. The summed E-state index contributed by atoms with van der Waals surface area (Å²) in [6.45, 7) is 0.212. The molecule has 0 bridgehead atoms. The highest BCUT2D eigenvalue weighted by Crippen LogP contribution is 2.07. The first kappa shape index (κ1) is 13.4. The standard InChI is InChI=1S/C9H14N4O3S/c10-8-2-4-12-6-7(8)9(14)13-3-1-5-17(11,15)16/h2,4,6H,1,3,5H2,(H2,10,12)(H,13,14)(H2,11,15,16). The monoisotopic (exact) mass is 258 g/mol. The summed E-state index contributed by atoms with van der Waals surface area (Å²) in [7, 11) is -3.48. The van der Waals surface area contributed by atoms with Crippen LogP contribution in [0.5, 0.6) is 0 Å². The molecule has 1 rings (SSSR count). The zero-order valence-corrected chi connectivity index (χ0v) is 9.90. The fraction of sp³-hybridized carbons (Fsp3) is 0.333. The molecular formula is C9H14N4O3S. The van der Waals surface area contributed by atoms with Crippen molar-refractivity contribution in [2.45, 2.75) is 6.42 Å². The van der Waals surface area contributed by atoms with Crippen LogP contribution < -0.4 is 16.2 Å². The number of nitrogens with two attached hydrogens (primary N) is 2. The number of rotatable bonds is 5. The fourth-order valence-corrected chi connectivity index (χ4v) is 1.71. The van der Waals surface area contributed by atoms with Crippen LogP contribution in [0.3, 0.4) is 0 Å². The third-order valence-corrected chi connectivity index (χ3v) is 2.85. The highest BCUT2D eigenvalue weighted by Gasteiger charge is 2.09. The normalized spacial score (nSPS) is 11.1. The third-order valence-electron chi connectivity index (χ3n) is 1.99. The number of primary sulfonamides is 1. The lowest BCUT2D eigenvalue weighted by atomic mass is 10.2. The molecule has 5 N–H and O–H groups in total. The Morgan fingerprint density at radius 3 is 2.76 bits per heavy atom. The number of sulfonamides is 1. The molecule has 7 nitrogen and oxygen atoms in total. The molecule has 0 saturated heterocycles. The number of hydrogen-bond acceptors (Lipinski definition) is 5. The van der Waals surface area contributed by atoms with E-state index in [1.807, 2.05) is 0 Å². The Hall–Kier alpha value is -1.67. The van der Waals surface area contributed by atoms with Gasteiger partial charge in [-0.3, -0.25) is 9.78 Å². The largest absolute Gasteiger partial charge is 0.398 e. The minimum Gasteiger partial charge on any atom is -0.398 e. The minimum atomic E-state index is -3.48. The molecule has 1 amide bonds. The number of anilines is 1. The molecule has 0 aliphatic heterocycles. The maximum atomic E-state index is 11.6. The highest BCUT2D eigenvalue weighted by molar-refractivity contribution is 7.89. The second-order valence-corrected chi connectivity index (χ2v) is 5.17. The number of carbonyl (C=O) groups excluding carboxylic acids is 1. The van der Waals surface area contributed by atoms with Crippen molar-refractivity contribution in [2.75, 3.05) is 18.0 Å². The van der Waals surface area contributed by atoms with E-state index >= 15 is 0 Å². The molecule has 1 aromatic heterocycles. The zero-order chi connectivity index (χ0) is 12.9. The number of carbonyl (C=O) groups is 1. The summed E-state index contributed by atoms with van der Waals surface area (Å²) < 4.78 is 21.3. The predicted octanol–water partition coefficient (Wildman–Crippen LogP) is -0.928. The van der Waals surface area contributed by atoms with Crippen LogP contribution in [0.25, 0.3) is 0 Å². The summed E-state index contributed by atoms with van der Waals surface area (Å²) in [6.07, 6.45) is 3.09. The van der Waals surface area contributed by atoms with Crippen LogP contribution in [0.15, 0.2) is 18.5 Å². The number of nitrogen functional groups attached to an aromatic ring is 1. The van der Waals surface area contributed by atoms with Crippen LogP contribution in [-0.2, 0) is 10.0 Å². The van der Waals surface area contributed by atoms with Gasteiger partial charge in [0.25, 0.3) is 5.91 Å². The van der Waals surface area contributed by atoms with Crippen molar-refractivity contribution in [3.8, 4) is 0 Å². The summed E-state index contributed by atoms with van der Waals surface area (Å²) in [5.41, 5.74) is 6.17. The summed E-state index contributed by atoms with van der Waals surface area (Å²) >= 11 is 0. The van der Waals surface area contributed by atoms with Crippen LogP contribution in [0.1, 0.15) is 16.8 Å². The Balaban J connectivity index is 2.44. The van der Waals surface area contributed by atoms with Crippen molar-refractivity contribution < 1.29 is 13.2 Å². The SMILES string of the molecule is Nc1ccncc1C(=O)NCCCS(N)(=O)=O. The molecule has 0 aliphatic carbocycles. The maximum absolute atomic E-state index is 11.6. The Morgan fingerprint density at radius 2 is 2.18 bits per heavy atom. The van der Waals surface area contributed by atoms with E-state index in [4.69, 9.17) is 10.9 Å². The molecule has 0 spiro atoms. The van der Waals surface area contributed by atoms with Crippen LogP contribution in [0.4, 0.5) is 5.69 Å². The van der Waals surface area contributed by atoms with Crippen molar-refractivity contribution in [1.82, 2.24) is 10.3 Å². The predicted molar refractivity (Wildman–Crippen MR) is 63.6 cm³/mol. The Kier molecular flexibility index (Phi) is 4.41. The van der Waals surface area contributed by atoms with Crippen LogP contribution in [-0.4, -0.2) is 31.6 Å². The molecule has 0 atom stereocenters. The van der Waals surface area contributed by atoms with Crippen LogP contribution >= 0.6 is 0 Å². The molecule has 0 aromatic carbocycles. The van der Waals surface area contributed by atoms with Gasteiger partial charge in [-0.2, -0.15) is 0 Å². The summed E-state index contributed by atoms with van der Waals surface area (Å²) in [5.74, 6) is -0.555. The van der Waals surface area contributed by atoms with Gasteiger partial charge in [0.1, 0.15) is 0 Å². The molecule has 0 radical (unpaired) electrons. The number of amides is 1. The van der Waals surface area contributed by atoms with Gasteiger partial charge >= 0.3 is 0 Å². The molecular weight excluding hydrogens is 244 g/mol. The average molecular weight is 258 g/mol. The molecule has 0 saturated carbocycles. The van der Waals surface area contributed by atoms with Gasteiger partial charge in [0, 0.05) is 24.6 Å².